The molecule has 7 nitrogen and oxygen atoms in total. The number of carbonyl (C=O) groups is 2. The quantitative estimate of drug-likeness (QED) is 0.779. The van der Waals surface area contributed by atoms with Crippen molar-refractivity contribution in [3.63, 3.8) is 0 Å². The van der Waals surface area contributed by atoms with Crippen LogP contribution in [-0.2, 0) is 20.7 Å². The van der Waals surface area contributed by atoms with E-state index >= 15 is 0 Å². The van der Waals surface area contributed by atoms with Crippen molar-refractivity contribution in [3.8, 4) is 0 Å². The van der Waals surface area contributed by atoms with Crippen molar-refractivity contribution >= 4 is 11.8 Å². The summed E-state index contributed by atoms with van der Waals surface area (Å²) in [7, 11) is 0. The van der Waals surface area contributed by atoms with Gasteiger partial charge in [0.1, 0.15) is 11.9 Å². The summed E-state index contributed by atoms with van der Waals surface area (Å²) in [6.45, 7) is 6.49. The average molecular weight is 363 g/mol. The lowest BCUT2D eigenvalue weighted by atomic mass is 9.95. The lowest BCUT2D eigenvalue weighted by molar-refractivity contribution is -0.143. The normalized spacial score (nSPS) is 21.2. The molecule has 1 atom stereocenters. The number of rotatable bonds is 6. The molecule has 0 spiro atoms. The molecule has 3 rings (SSSR count). The fourth-order valence-electron chi connectivity index (χ4n) is 3.82. The zero-order valence-electron chi connectivity index (χ0n) is 15.8. The van der Waals surface area contributed by atoms with E-state index in [1.165, 1.54) is 0 Å². The fourth-order valence-corrected chi connectivity index (χ4v) is 3.82. The molecule has 1 aromatic heterocycles. The van der Waals surface area contributed by atoms with E-state index in [1.807, 2.05) is 18.7 Å². The maximum Gasteiger partial charge on any atom is 0.251 e. The molecule has 3 heterocycles. The van der Waals surface area contributed by atoms with Crippen LogP contribution in [0.2, 0.25) is 0 Å². The molecule has 2 aliphatic rings. The third kappa shape index (κ3) is 4.44. The number of carbonyl (C=O) groups excluding carboxylic acids is 2. The predicted molar refractivity (Wildman–Crippen MR) is 95.6 cm³/mol. The van der Waals surface area contributed by atoms with Gasteiger partial charge in [0.25, 0.3) is 5.91 Å². The second-order valence-electron chi connectivity index (χ2n) is 7.30. The van der Waals surface area contributed by atoms with Gasteiger partial charge < -0.3 is 19.5 Å². The lowest BCUT2D eigenvalue weighted by Crippen LogP contribution is -2.46. The van der Waals surface area contributed by atoms with Gasteiger partial charge >= 0.3 is 0 Å². The highest BCUT2D eigenvalue weighted by molar-refractivity contribution is 5.82. The number of nitrogens with one attached hydrogen (secondary N) is 1. The molecule has 0 aliphatic carbocycles. The predicted octanol–water partition coefficient (Wildman–Crippen LogP) is 1.76. The van der Waals surface area contributed by atoms with E-state index < -0.39 is 0 Å². The standard InChI is InChI=1S/C19H29N3O4/c1-13-16(14(2)26-21-13)5-3-9-20-18(23)15-7-10-22(11-8-15)19(24)17-6-4-12-25-17/h15,17H,3-12H2,1-2H3,(H,20,23). The van der Waals surface area contributed by atoms with Crippen molar-refractivity contribution in [2.45, 2.75) is 58.5 Å². The minimum atomic E-state index is -0.260. The van der Waals surface area contributed by atoms with Crippen molar-refractivity contribution in [2.24, 2.45) is 5.92 Å². The van der Waals surface area contributed by atoms with Gasteiger partial charge in [-0.3, -0.25) is 9.59 Å². The summed E-state index contributed by atoms with van der Waals surface area (Å²) in [4.78, 5) is 26.6. The minimum Gasteiger partial charge on any atom is -0.368 e. The SMILES string of the molecule is Cc1noc(C)c1CCCNC(=O)C1CCN(C(=O)C2CCCO2)CC1. The molecular formula is C19H29N3O4. The topological polar surface area (TPSA) is 84.7 Å². The largest absolute Gasteiger partial charge is 0.368 e. The Kier molecular flexibility index (Phi) is 6.29. The highest BCUT2D eigenvalue weighted by Crippen LogP contribution is 2.21. The second kappa shape index (κ2) is 8.66. The van der Waals surface area contributed by atoms with E-state index in [0.29, 0.717) is 26.2 Å². The molecular weight excluding hydrogens is 334 g/mol. The average Bonchev–Trinajstić information content (AvgIpc) is 3.29. The van der Waals surface area contributed by atoms with Crippen LogP contribution in [0.4, 0.5) is 0 Å². The zero-order chi connectivity index (χ0) is 18.5. The molecule has 0 aromatic carbocycles. The summed E-state index contributed by atoms with van der Waals surface area (Å²) >= 11 is 0. The molecule has 1 N–H and O–H groups in total. The third-order valence-corrected chi connectivity index (χ3v) is 5.47. The van der Waals surface area contributed by atoms with Crippen LogP contribution in [0.5, 0.6) is 0 Å². The second-order valence-corrected chi connectivity index (χ2v) is 7.30. The molecule has 1 aromatic rings. The summed E-state index contributed by atoms with van der Waals surface area (Å²) in [6, 6.07) is 0. The smallest absolute Gasteiger partial charge is 0.251 e. The molecule has 1 unspecified atom stereocenters. The molecule has 2 aliphatic heterocycles. The maximum atomic E-state index is 12.4. The van der Waals surface area contributed by atoms with Crippen LogP contribution in [-0.4, -0.2) is 54.2 Å². The van der Waals surface area contributed by atoms with Crippen LogP contribution in [0.1, 0.15) is 49.1 Å². The molecule has 0 bridgehead atoms. The van der Waals surface area contributed by atoms with Gasteiger partial charge in [-0.25, -0.2) is 0 Å². The number of aryl methyl sites for hydroxylation is 2. The van der Waals surface area contributed by atoms with E-state index in [0.717, 1.165) is 55.5 Å². The molecule has 0 saturated carbocycles. The lowest BCUT2D eigenvalue weighted by Gasteiger charge is -2.32. The Morgan fingerprint density at radius 2 is 2.00 bits per heavy atom. The molecule has 26 heavy (non-hydrogen) atoms. The van der Waals surface area contributed by atoms with Crippen molar-refractivity contribution < 1.29 is 18.8 Å². The number of hydrogen-bond acceptors (Lipinski definition) is 5. The number of aromatic nitrogens is 1. The Morgan fingerprint density at radius 3 is 2.62 bits per heavy atom. The van der Waals surface area contributed by atoms with E-state index in [1.54, 1.807) is 0 Å². The first-order valence-electron chi connectivity index (χ1n) is 9.66. The molecule has 2 fully saturated rings. The monoisotopic (exact) mass is 363 g/mol. The van der Waals surface area contributed by atoms with Crippen LogP contribution in [0.15, 0.2) is 4.52 Å². The van der Waals surface area contributed by atoms with Crippen molar-refractivity contribution in [2.75, 3.05) is 26.2 Å². The van der Waals surface area contributed by atoms with E-state index in [2.05, 4.69) is 10.5 Å². The number of nitrogens with zero attached hydrogens (tertiary/aromatic N) is 2. The first kappa shape index (κ1) is 18.9. The van der Waals surface area contributed by atoms with Crippen molar-refractivity contribution in [1.82, 2.24) is 15.4 Å². The highest BCUT2D eigenvalue weighted by Gasteiger charge is 2.32. The molecule has 2 amide bonds. The number of ether oxygens (including phenoxy) is 1. The van der Waals surface area contributed by atoms with Crippen molar-refractivity contribution in [1.29, 1.82) is 0 Å². The van der Waals surface area contributed by atoms with Crippen LogP contribution < -0.4 is 5.32 Å². The van der Waals surface area contributed by atoms with E-state index in [-0.39, 0.29) is 23.8 Å². The van der Waals surface area contributed by atoms with Gasteiger partial charge in [0.05, 0.1) is 5.69 Å². The number of piperidine rings is 1. The van der Waals surface area contributed by atoms with Crippen LogP contribution in [0.3, 0.4) is 0 Å². The maximum absolute atomic E-state index is 12.4. The summed E-state index contributed by atoms with van der Waals surface area (Å²) in [6.07, 6.45) is 4.71. The van der Waals surface area contributed by atoms with E-state index in [4.69, 9.17) is 9.26 Å². The number of amides is 2. The van der Waals surface area contributed by atoms with Crippen LogP contribution >= 0.6 is 0 Å². The first-order valence-corrected chi connectivity index (χ1v) is 9.66. The minimum absolute atomic E-state index is 0.00242. The highest BCUT2D eigenvalue weighted by atomic mass is 16.5. The first-order chi connectivity index (χ1) is 12.6. The molecule has 7 heteroatoms. The Balaban J connectivity index is 1.35. The summed E-state index contributed by atoms with van der Waals surface area (Å²) in [5.74, 6) is 1.06. The number of hydrogen-bond donors (Lipinski definition) is 1. The Hall–Kier alpha value is -1.89. The summed E-state index contributed by atoms with van der Waals surface area (Å²) in [5.41, 5.74) is 2.07. The third-order valence-electron chi connectivity index (χ3n) is 5.47. The fraction of sp³-hybridized carbons (Fsp3) is 0.737. The van der Waals surface area contributed by atoms with Gasteiger partial charge in [-0.2, -0.15) is 0 Å². The van der Waals surface area contributed by atoms with Gasteiger partial charge in [-0.05, 0) is 52.4 Å². The van der Waals surface area contributed by atoms with Gasteiger partial charge in [-0.15, -0.1) is 0 Å². The van der Waals surface area contributed by atoms with Crippen LogP contribution in [0.25, 0.3) is 0 Å². The summed E-state index contributed by atoms with van der Waals surface area (Å²) in [5, 5.41) is 6.98. The van der Waals surface area contributed by atoms with Gasteiger partial charge in [0.2, 0.25) is 5.91 Å². The molecule has 144 valence electrons. The van der Waals surface area contributed by atoms with E-state index in [9.17, 15) is 9.59 Å². The van der Waals surface area contributed by atoms with Gasteiger partial charge in [0.15, 0.2) is 0 Å². The zero-order valence-corrected chi connectivity index (χ0v) is 15.8. The van der Waals surface area contributed by atoms with Crippen LogP contribution in [0, 0.1) is 19.8 Å². The Labute approximate surface area is 154 Å². The van der Waals surface area contributed by atoms with Crippen molar-refractivity contribution in [3.05, 3.63) is 17.0 Å². The Bertz CT molecular complexity index is 609. The Morgan fingerprint density at radius 1 is 1.23 bits per heavy atom. The van der Waals surface area contributed by atoms with Gasteiger partial charge in [-0.1, -0.05) is 5.16 Å². The van der Waals surface area contributed by atoms with Gasteiger partial charge in [0, 0.05) is 37.7 Å². The molecule has 2 saturated heterocycles. The number of likely N-dealkylation sites (tertiary alicyclic amines) is 1. The molecule has 0 radical (unpaired) electrons. The summed E-state index contributed by atoms with van der Waals surface area (Å²) < 4.78 is 10.6.